The van der Waals surface area contributed by atoms with Gasteiger partial charge in [-0.25, -0.2) is 4.79 Å². The summed E-state index contributed by atoms with van der Waals surface area (Å²) in [4.78, 5) is 39.4. The summed E-state index contributed by atoms with van der Waals surface area (Å²) < 4.78 is 0. The average Bonchev–Trinajstić information content (AvgIpc) is 3.06. The number of nitrogens with one attached hydrogen (secondary N) is 3. The van der Waals surface area contributed by atoms with Gasteiger partial charge in [-0.05, 0) is 18.6 Å². The number of hydrogen-bond donors (Lipinski definition) is 3. The number of aromatic amines is 1. The first kappa shape index (κ1) is 15.1. The summed E-state index contributed by atoms with van der Waals surface area (Å²) in [6.07, 6.45) is 1.43. The van der Waals surface area contributed by atoms with Crippen molar-refractivity contribution in [3.8, 4) is 0 Å². The molecular weight excluding hydrogens is 320 g/mol. The lowest BCUT2D eigenvalue weighted by atomic mass is 9.92. The van der Waals surface area contributed by atoms with E-state index in [1.807, 2.05) is 6.07 Å². The fourth-order valence-electron chi connectivity index (χ4n) is 2.37. The molecule has 0 spiro atoms. The molecular formula is C15H13ClN4O3. The van der Waals surface area contributed by atoms with Crippen LogP contribution < -0.4 is 10.7 Å². The molecule has 1 atom stereocenters. The SMILES string of the molecule is CC1(c2ccccc2)NC(=O)N(NC(=O)c2cc(Cl)c[nH]2)C1=O. The molecule has 4 amide bonds. The first-order valence-corrected chi connectivity index (χ1v) is 7.17. The topological polar surface area (TPSA) is 94.3 Å². The maximum atomic E-state index is 12.6. The predicted molar refractivity (Wildman–Crippen MR) is 82.4 cm³/mol. The van der Waals surface area contributed by atoms with Crippen LogP contribution in [0.25, 0.3) is 0 Å². The molecule has 8 heteroatoms. The highest BCUT2D eigenvalue weighted by molar-refractivity contribution is 6.31. The monoisotopic (exact) mass is 332 g/mol. The van der Waals surface area contributed by atoms with Crippen LogP contribution in [0.2, 0.25) is 5.02 Å². The molecule has 7 nitrogen and oxygen atoms in total. The Hall–Kier alpha value is -2.80. The lowest BCUT2D eigenvalue weighted by Crippen LogP contribution is -2.48. The van der Waals surface area contributed by atoms with E-state index in [2.05, 4.69) is 15.7 Å². The van der Waals surface area contributed by atoms with Gasteiger partial charge < -0.3 is 10.3 Å². The first-order chi connectivity index (χ1) is 10.9. The molecule has 1 aromatic carbocycles. The number of aromatic nitrogens is 1. The van der Waals surface area contributed by atoms with Crippen LogP contribution in [0.3, 0.4) is 0 Å². The fourth-order valence-corrected chi connectivity index (χ4v) is 2.53. The highest BCUT2D eigenvalue weighted by Gasteiger charge is 2.50. The molecule has 1 aliphatic rings. The van der Waals surface area contributed by atoms with E-state index in [-0.39, 0.29) is 5.69 Å². The predicted octanol–water partition coefficient (Wildman–Crippen LogP) is 1.78. The molecule has 1 fully saturated rings. The number of carbonyl (C=O) groups is 3. The summed E-state index contributed by atoms with van der Waals surface area (Å²) in [5, 5.41) is 3.61. The number of benzene rings is 1. The van der Waals surface area contributed by atoms with Crippen molar-refractivity contribution >= 4 is 29.4 Å². The number of urea groups is 1. The Balaban J connectivity index is 1.83. The minimum Gasteiger partial charge on any atom is -0.356 e. The number of carbonyl (C=O) groups excluding carboxylic acids is 3. The molecule has 118 valence electrons. The van der Waals surface area contributed by atoms with Crippen LogP contribution >= 0.6 is 11.6 Å². The summed E-state index contributed by atoms with van der Waals surface area (Å²) >= 11 is 5.73. The van der Waals surface area contributed by atoms with Crippen LogP contribution in [0.1, 0.15) is 23.0 Å². The zero-order valence-electron chi connectivity index (χ0n) is 12.1. The maximum Gasteiger partial charge on any atom is 0.344 e. The lowest BCUT2D eigenvalue weighted by Gasteiger charge is -2.21. The van der Waals surface area contributed by atoms with Crippen molar-refractivity contribution in [2.24, 2.45) is 0 Å². The minimum atomic E-state index is -1.24. The third-order valence-electron chi connectivity index (χ3n) is 3.65. The summed E-state index contributed by atoms with van der Waals surface area (Å²) in [5.74, 6) is -1.21. The second kappa shape index (κ2) is 5.44. The van der Waals surface area contributed by atoms with Crippen LogP contribution in [0.4, 0.5) is 4.79 Å². The number of nitrogens with zero attached hydrogens (tertiary/aromatic N) is 1. The summed E-state index contributed by atoms with van der Waals surface area (Å²) in [6.45, 7) is 1.58. The van der Waals surface area contributed by atoms with E-state index >= 15 is 0 Å². The molecule has 0 saturated carbocycles. The molecule has 23 heavy (non-hydrogen) atoms. The lowest BCUT2D eigenvalue weighted by molar-refractivity contribution is -0.132. The number of H-pyrrole nitrogens is 1. The number of imide groups is 1. The molecule has 0 radical (unpaired) electrons. The van der Waals surface area contributed by atoms with Gasteiger partial charge in [-0.1, -0.05) is 41.9 Å². The van der Waals surface area contributed by atoms with E-state index in [1.54, 1.807) is 31.2 Å². The third-order valence-corrected chi connectivity index (χ3v) is 3.87. The van der Waals surface area contributed by atoms with Crippen molar-refractivity contribution in [1.29, 1.82) is 0 Å². The van der Waals surface area contributed by atoms with Crippen LogP contribution in [0.5, 0.6) is 0 Å². The molecule has 2 aromatic rings. The maximum absolute atomic E-state index is 12.6. The number of hydrogen-bond acceptors (Lipinski definition) is 3. The quantitative estimate of drug-likeness (QED) is 0.748. The molecule has 1 saturated heterocycles. The van der Waals surface area contributed by atoms with E-state index in [0.717, 1.165) is 0 Å². The molecule has 0 aliphatic carbocycles. The van der Waals surface area contributed by atoms with E-state index in [1.165, 1.54) is 12.3 Å². The van der Waals surface area contributed by atoms with Crippen LogP contribution in [0.15, 0.2) is 42.6 Å². The van der Waals surface area contributed by atoms with Gasteiger partial charge in [-0.2, -0.15) is 5.01 Å². The highest BCUT2D eigenvalue weighted by Crippen LogP contribution is 2.27. The van der Waals surface area contributed by atoms with Crippen molar-refractivity contribution < 1.29 is 14.4 Å². The van der Waals surface area contributed by atoms with Gasteiger partial charge in [0.15, 0.2) is 0 Å². The number of rotatable bonds is 3. The molecule has 2 heterocycles. The smallest absolute Gasteiger partial charge is 0.344 e. The highest BCUT2D eigenvalue weighted by atomic mass is 35.5. The number of amides is 4. The van der Waals surface area contributed by atoms with Crippen molar-refractivity contribution in [2.75, 3.05) is 0 Å². The molecule has 3 rings (SSSR count). The van der Waals surface area contributed by atoms with Crippen molar-refractivity contribution in [1.82, 2.24) is 20.7 Å². The van der Waals surface area contributed by atoms with Gasteiger partial charge in [0, 0.05) is 6.20 Å². The first-order valence-electron chi connectivity index (χ1n) is 6.79. The molecule has 3 N–H and O–H groups in total. The summed E-state index contributed by atoms with van der Waals surface area (Å²) in [5.41, 5.74) is 1.80. The van der Waals surface area contributed by atoms with Gasteiger partial charge in [0.1, 0.15) is 11.2 Å². The second-order valence-corrected chi connectivity index (χ2v) is 5.67. The third kappa shape index (κ3) is 2.55. The Morgan fingerprint density at radius 3 is 2.57 bits per heavy atom. The van der Waals surface area contributed by atoms with Gasteiger partial charge >= 0.3 is 6.03 Å². The zero-order valence-corrected chi connectivity index (χ0v) is 12.8. The van der Waals surface area contributed by atoms with E-state index in [0.29, 0.717) is 15.6 Å². The van der Waals surface area contributed by atoms with Crippen molar-refractivity contribution in [3.05, 3.63) is 58.9 Å². The van der Waals surface area contributed by atoms with Gasteiger partial charge in [0.05, 0.1) is 5.02 Å². The van der Waals surface area contributed by atoms with E-state index in [4.69, 9.17) is 11.6 Å². The summed E-state index contributed by atoms with van der Waals surface area (Å²) in [7, 11) is 0. The van der Waals surface area contributed by atoms with Crippen LogP contribution in [0, 0.1) is 0 Å². The van der Waals surface area contributed by atoms with Gasteiger partial charge in [-0.3, -0.25) is 15.0 Å². The van der Waals surface area contributed by atoms with E-state index < -0.39 is 23.4 Å². The van der Waals surface area contributed by atoms with E-state index in [9.17, 15) is 14.4 Å². The summed E-state index contributed by atoms with van der Waals surface area (Å²) in [6, 6.07) is 9.49. The number of halogens is 1. The minimum absolute atomic E-state index is 0.143. The Kier molecular flexibility index (Phi) is 3.57. The standard InChI is InChI=1S/C15H13ClN4O3/c1-15(9-5-3-2-4-6-9)13(22)20(14(23)18-15)19-12(21)11-7-10(16)8-17-11/h2-8,17H,1H3,(H,18,23)(H,19,21). The molecule has 0 bridgehead atoms. The van der Waals surface area contributed by atoms with Crippen LogP contribution in [-0.2, 0) is 10.3 Å². The zero-order chi connectivity index (χ0) is 16.6. The Bertz CT molecular complexity index is 789. The van der Waals surface area contributed by atoms with Gasteiger partial charge in [0.2, 0.25) is 0 Å². The second-order valence-electron chi connectivity index (χ2n) is 5.23. The Labute approximate surface area is 136 Å². The van der Waals surface area contributed by atoms with Gasteiger partial charge in [-0.15, -0.1) is 0 Å². The molecule has 1 unspecified atom stereocenters. The Morgan fingerprint density at radius 1 is 1.26 bits per heavy atom. The number of hydrazine groups is 1. The molecule has 1 aliphatic heterocycles. The fraction of sp³-hybridized carbons (Fsp3) is 0.133. The normalized spacial score (nSPS) is 20.5. The average molecular weight is 333 g/mol. The van der Waals surface area contributed by atoms with Crippen molar-refractivity contribution in [3.63, 3.8) is 0 Å². The van der Waals surface area contributed by atoms with Gasteiger partial charge in [0.25, 0.3) is 11.8 Å². The largest absolute Gasteiger partial charge is 0.356 e. The van der Waals surface area contributed by atoms with Crippen LogP contribution in [-0.4, -0.2) is 27.8 Å². The molecule has 1 aromatic heterocycles. The van der Waals surface area contributed by atoms with Crippen molar-refractivity contribution in [2.45, 2.75) is 12.5 Å². The Morgan fingerprint density at radius 2 is 1.96 bits per heavy atom.